The van der Waals surface area contributed by atoms with Crippen molar-refractivity contribution >= 4 is 0 Å². The second-order valence-corrected chi connectivity index (χ2v) is 6.32. The zero-order valence-electron chi connectivity index (χ0n) is 14.7. The Morgan fingerprint density at radius 2 is 2.20 bits per heavy atom. The van der Waals surface area contributed by atoms with Crippen LogP contribution in [0.1, 0.15) is 17.1 Å². The number of rotatable bonds is 8. The van der Waals surface area contributed by atoms with E-state index in [4.69, 9.17) is 13.9 Å². The van der Waals surface area contributed by atoms with Crippen molar-refractivity contribution in [1.29, 1.82) is 0 Å². The average molecular weight is 347 g/mol. The number of hydrogen-bond acceptors (Lipinski definition) is 6. The van der Waals surface area contributed by atoms with E-state index in [0.717, 1.165) is 22.9 Å². The third kappa shape index (κ3) is 5.11. The largest absolute Gasteiger partial charge is 0.494 e. The molecule has 0 amide bonds. The van der Waals surface area contributed by atoms with Crippen LogP contribution in [-0.4, -0.2) is 52.2 Å². The Kier molecular flexibility index (Phi) is 5.78. The summed E-state index contributed by atoms with van der Waals surface area (Å²) in [6.45, 7) is 7.12. The molecule has 1 N–H and O–H groups in total. The van der Waals surface area contributed by atoms with Gasteiger partial charge in [-0.3, -0.25) is 9.58 Å². The van der Waals surface area contributed by atoms with E-state index in [9.17, 15) is 5.11 Å². The van der Waals surface area contributed by atoms with E-state index >= 15 is 0 Å². The van der Waals surface area contributed by atoms with Crippen LogP contribution in [-0.2, 0) is 22.6 Å². The van der Waals surface area contributed by atoms with Crippen molar-refractivity contribution in [2.24, 2.45) is 0 Å². The van der Waals surface area contributed by atoms with Gasteiger partial charge < -0.3 is 19.0 Å². The fourth-order valence-corrected chi connectivity index (χ4v) is 2.93. The highest BCUT2D eigenvalue weighted by molar-refractivity contribution is 5.06. The molecular weight excluding hydrogens is 322 g/mol. The Labute approximate surface area is 147 Å². The zero-order valence-corrected chi connectivity index (χ0v) is 14.7. The van der Waals surface area contributed by atoms with E-state index in [1.165, 1.54) is 0 Å². The molecule has 0 fully saturated rings. The molecule has 0 radical (unpaired) electrons. The van der Waals surface area contributed by atoms with Crippen LogP contribution in [0.2, 0.25) is 0 Å². The van der Waals surface area contributed by atoms with Gasteiger partial charge in [0, 0.05) is 12.2 Å². The molecule has 7 heteroatoms. The maximum absolute atomic E-state index is 10.5. The van der Waals surface area contributed by atoms with Crippen molar-refractivity contribution < 1.29 is 19.0 Å². The third-order valence-electron chi connectivity index (χ3n) is 4.00. The fraction of sp³-hybridized carbons (Fsp3) is 0.500. The van der Waals surface area contributed by atoms with Crippen molar-refractivity contribution in [3.05, 3.63) is 53.6 Å². The summed E-state index contributed by atoms with van der Waals surface area (Å²) in [5, 5.41) is 15.0. The van der Waals surface area contributed by atoms with Gasteiger partial charge in [0.25, 0.3) is 0 Å². The van der Waals surface area contributed by atoms with Gasteiger partial charge in [-0.05, 0) is 32.0 Å². The van der Waals surface area contributed by atoms with Gasteiger partial charge in [-0.1, -0.05) is 0 Å². The molecular formula is C18H25N3O4. The van der Waals surface area contributed by atoms with Crippen molar-refractivity contribution in [3.8, 4) is 0 Å². The number of aliphatic hydroxyl groups is 1. The molecule has 0 saturated heterocycles. The minimum atomic E-state index is -0.557. The molecule has 0 spiro atoms. The van der Waals surface area contributed by atoms with Crippen molar-refractivity contribution in [2.75, 3.05) is 26.3 Å². The zero-order chi connectivity index (χ0) is 17.6. The Bertz CT molecular complexity index is 693. The normalized spacial score (nSPS) is 15.6. The number of aliphatic hydroxyl groups excluding tert-OH is 1. The molecule has 7 nitrogen and oxygen atoms in total. The Morgan fingerprint density at radius 3 is 2.84 bits per heavy atom. The van der Waals surface area contributed by atoms with Gasteiger partial charge in [-0.15, -0.1) is 0 Å². The molecule has 3 rings (SSSR count). The molecule has 136 valence electrons. The standard InChI is InChI=1S/C18H25N3O4/c1-14-8-15(2)21(19-14)10-16(22)9-20(11-17-4-3-5-24-17)12-18-13-23-6-7-25-18/h3-5,8,13,16,22H,6-7,9-12H2,1-2H3. The van der Waals surface area contributed by atoms with Gasteiger partial charge in [-0.25, -0.2) is 0 Å². The lowest BCUT2D eigenvalue weighted by atomic mass is 10.2. The number of furan rings is 1. The molecule has 1 aliphatic rings. The predicted molar refractivity (Wildman–Crippen MR) is 91.7 cm³/mol. The van der Waals surface area contributed by atoms with Crippen LogP contribution in [0.15, 0.2) is 40.9 Å². The first-order chi connectivity index (χ1) is 12.1. The van der Waals surface area contributed by atoms with Crippen molar-refractivity contribution in [2.45, 2.75) is 33.0 Å². The quantitative estimate of drug-likeness (QED) is 0.786. The van der Waals surface area contributed by atoms with Gasteiger partial charge in [0.1, 0.15) is 31.0 Å². The van der Waals surface area contributed by atoms with Gasteiger partial charge in [-0.2, -0.15) is 5.10 Å². The highest BCUT2D eigenvalue weighted by Crippen LogP contribution is 2.13. The van der Waals surface area contributed by atoms with Crippen LogP contribution in [0.25, 0.3) is 0 Å². The van der Waals surface area contributed by atoms with Gasteiger partial charge in [0.05, 0.1) is 37.7 Å². The first-order valence-electron chi connectivity index (χ1n) is 8.47. The van der Waals surface area contributed by atoms with Crippen LogP contribution >= 0.6 is 0 Å². The van der Waals surface area contributed by atoms with E-state index in [2.05, 4.69) is 10.00 Å². The van der Waals surface area contributed by atoms with Gasteiger partial charge in [0.15, 0.2) is 0 Å². The highest BCUT2D eigenvalue weighted by atomic mass is 16.6. The Balaban J connectivity index is 1.63. The smallest absolute Gasteiger partial charge is 0.144 e. The number of hydrogen-bond donors (Lipinski definition) is 1. The van der Waals surface area contributed by atoms with E-state index in [1.54, 1.807) is 12.5 Å². The van der Waals surface area contributed by atoms with Crippen LogP contribution < -0.4 is 0 Å². The fourth-order valence-electron chi connectivity index (χ4n) is 2.93. The predicted octanol–water partition coefficient (Wildman–Crippen LogP) is 1.84. The monoisotopic (exact) mass is 347 g/mol. The topological polar surface area (TPSA) is 72.9 Å². The molecule has 1 aliphatic heterocycles. The molecule has 3 heterocycles. The summed E-state index contributed by atoms with van der Waals surface area (Å²) in [6, 6.07) is 5.79. The molecule has 1 atom stereocenters. The molecule has 0 aromatic carbocycles. The molecule has 0 aliphatic carbocycles. The summed E-state index contributed by atoms with van der Waals surface area (Å²) in [6.07, 6.45) is 2.74. The number of aromatic nitrogens is 2. The summed E-state index contributed by atoms with van der Waals surface area (Å²) in [7, 11) is 0. The SMILES string of the molecule is Cc1cc(C)n(CC(O)CN(CC2=COCCO2)Cc2ccco2)n1. The highest BCUT2D eigenvalue weighted by Gasteiger charge is 2.18. The van der Waals surface area contributed by atoms with E-state index in [0.29, 0.717) is 39.4 Å². The number of aryl methyl sites for hydroxylation is 2. The van der Waals surface area contributed by atoms with E-state index < -0.39 is 6.10 Å². The first-order valence-corrected chi connectivity index (χ1v) is 8.47. The number of ether oxygens (including phenoxy) is 2. The molecule has 25 heavy (non-hydrogen) atoms. The lowest BCUT2D eigenvalue weighted by Gasteiger charge is -2.26. The van der Waals surface area contributed by atoms with Crippen molar-refractivity contribution in [3.63, 3.8) is 0 Å². The molecule has 2 aromatic heterocycles. The summed E-state index contributed by atoms with van der Waals surface area (Å²) in [5.74, 6) is 1.60. The van der Waals surface area contributed by atoms with Crippen molar-refractivity contribution in [1.82, 2.24) is 14.7 Å². The second kappa shape index (κ2) is 8.22. The summed E-state index contributed by atoms with van der Waals surface area (Å²) in [5.41, 5.74) is 2.00. The van der Waals surface area contributed by atoms with E-state index in [1.807, 2.05) is 36.7 Å². The molecule has 2 aromatic rings. The van der Waals surface area contributed by atoms with Crippen LogP contribution in [0.3, 0.4) is 0 Å². The lowest BCUT2D eigenvalue weighted by Crippen LogP contribution is -2.36. The third-order valence-corrected chi connectivity index (χ3v) is 4.00. The first kappa shape index (κ1) is 17.6. The minimum Gasteiger partial charge on any atom is -0.494 e. The van der Waals surface area contributed by atoms with Crippen LogP contribution in [0.5, 0.6) is 0 Å². The van der Waals surface area contributed by atoms with Crippen LogP contribution in [0.4, 0.5) is 0 Å². The molecule has 1 unspecified atom stereocenters. The average Bonchev–Trinajstić information content (AvgIpc) is 3.18. The molecule has 0 saturated carbocycles. The maximum atomic E-state index is 10.5. The summed E-state index contributed by atoms with van der Waals surface area (Å²) < 4.78 is 18.2. The van der Waals surface area contributed by atoms with Crippen LogP contribution in [0, 0.1) is 13.8 Å². The summed E-state index contributed by atoms with van der Waals surface area (Å²) in [4.78, 5) is 2.08. The second-order valence-electron chi connectivity index (χ2n) is 6.32. The minimum absolute atomic E-state index is 0.449. The maximum Gasteiger partial charge on any atom is 0.144 e. The Morgan fingerprint density at radius 1 is 1.32 bits per heavy atom. The number of nitrogens with zero attached hydrogens (tertiary/aromatic N) is 3. The van der Waals surface area contributed by atoms with E-state index in [-0.39, 0.29) is 0 Å². The molecule has 0 bridgehead atoms. The van der Waals surface area contributed by atoms with Gasteiger partial charge in [0.2, 0.25) is 0 Å². The Hall–Kier alpha value is -2.25. The van der Waals surface area contributed by atoms with Gasteiger partial charge >= 0.3 is 0 Å². The lowest BCUT2D eigenvalue weighted by molar-refractivity contribution is 0.0506. The summed E-state index contributed by atoms with van der Waals surface area (Å²) >= 11 is 0.